The van der Waals surface area contributed by atoms with Crippen LogP contribution in [0.25, 0.3) is 0 Å². The number of hydrogen-bond donors (Lipinski definition) is 1. The lowest BCUT2D eigenvalue weighted by Crippen LogP contribution is -2.39. The highest BCUT2D eigenvalue weighted by Crippen LogP contribution is 2.25. The Hall–Kier alpha value is -0.610. The van der Waals surface area contributed by atoms with Gasteiger partial charge < -0.3 is 4.90 Å². The van der Waals surface area contributed by atoms with Gasteiger partial charge in [-0.1, -0.05) is 0 Å². The number of nitrogens with zero attached hydrogens (tertiary/aromatic N) is 1. The summed E-state index contributed by atoms with van der Waals surface area (Å²) >= 11 is 0. The van der Waals surface area contributed by atoms with Crippen LogP contribution in [0.1, 0.15) is 33.6 Å². The molecule has 0 aromatic heterocycles. The number of hydrogen-bond acceptors (Lipinski definition) is 3. The standard InChI is InChI=1S/C10H20N2O2/c1-10(2,3)14-11-7-9(13)12(4)8-5-6-8/h8,11H,5-7H2,1-4H3. The van der Waals surface area contributed by atoms with E-state index in [1.165, 1.54) is 0 Å². The van der Waals surface area contributed by atoms with Gasteiger partial charge in [-0.2, -0.15) is 5.48 Å². The number of amides is 1. The first-order valence-corrected chi connectivity index (χ1v) is 5.06. The lowest BCUT2D eigenvalue weighted by molar-refractivity contribution is -0.136. The molecule has 0 radical (unpaired) electrons. The fraction of sp³-hybridized carbons (Fsp3) is 0.900. The Balaban J connectivity index is 2.14. The number of hydroxylamine groups is 1. The molecule has 0 aromatic rings. The average Bonchev–Trinajstić information content (AvgIpc) is 2.82. The highest BCUT2D eigenvalue weighted by atomic mass is 16.7. The molecule has 0 atom stereocenters. The molecular weight excluding hydrogens is 180 g/mol. The zero-order chi connectivity index (χ0) is 10.8. The Morgan fingerprint density at radius 3 is 2.50 bits per heavy atom. The first-order valence-electron chi connectivity index (χ1n) is 5.06. The number of likely N-dealkylation sites (N-methyl/N-ethyl adjacent to an activating group) is 1. The van der Waals surface area contributed by atoms with Crippen molar-refractivity contribution in [1.29, 1.82) is 0 Å². The Morgan fingerprint density at radius 2 is 2.07 bits per heavy atom. The molecule has 4 nitrogen and oxygen atoms in total. The van der Waals surface area contributed by atoms with Gasteiger partial charge in [0.05, 0.1) is 5.60 Å². The molecule has 0 aromatic carbocycles. The van der Waals surface area contributed by atoms with Crippen molar-refractivity contribution in [2.75, 3.05) is 13.6 Å². The first kappa shape index (κ1) is 11.5. The van der Waals surface area contributed by atoms with E-state index in [9.17, 15) is 4.79 Å². The van der Waals surface area contributed by atoms with Crippen LogP contribution in [-0.4, -0.2) is 36.0 Å². The van der Waals surface area contributed by atoms with Gasteiger partial charge in [0, 0.05) is 13.1 Å². The van der Waals surface area contributed by atoms with E-state index >= 15 is 0 Å². The zero-order valence-corrected chi connectivity index (χ0v) is 9.46. The van der Waals surface area contributed by atoms with Crippen LogP contribution in [0.4, 0.5) is 0 Å². The predicted octanol–water partition coefficient (Wildman–Crippen LogP) is 0.927. The smallest absolute Gasteiger partial charge is 0.238 e. The van der Waals surface area contributed by atoms with Gasteiger partial charge in [0.25, 0.3) is 0 Å². The molecule has 14 heavy (non-hydrogen) atoms. The van der Waals surface area contributed by atoms with Gasteiger partial charge in [-0.05, 0) is 33.6 Å². The molecule has 82 valence electrons. The molecule has 4 heteroatoms. The van der Waals surface area contributed by atoms with E-state index in [2.05, 4.69) is 5.48 Å². The van der Waals surface area contributed by atoms with Gasteiger partial charge in [0.2, 0.25) is 5.91 Å². The molecule has 0 heterocycles. The van der Waals surface area contributed by atoms with Crippen molar-refractivity contribution in [3.05, 3.63) is 0 Å². The lowest BCUT2D eigenvalue weighted by atomic mass is 10.2. The second-order valence-corrected chi connectivity index (χ2v) is 4.77. The van der Waals surface area contributed by atoms with Crippen molar-refractivity contribution in [3.63, 3.8) is 0 Å². The molecule has 0 aliphatic heterocycles. The van der Waals surface area contributed by atoms with Crippen molar-refractivity contribution < 1.29 is 9.63 Å². The summed E-state index contributed by atoms with van der Waals surface area (Å²) in [6, 6.07) is 0.471. The molecule has 1 aliphatic rings. The van der Waals surface area contributed by atoms with E-state index in [4.69, 9.17) is 4.84 Å². The van der Waals surface area contributed by atoms with Crippen molar-refractivity contribution in [3.8, 4) is 0 Å². The summed E-state index contributed by atoms with van der Waals surface area (Å²) in [5, 5.41) is 0. The van der Waals surface area contributed by atoms with Crippen molar-refractivity contribution >= 4 is 5.91 Å². The van der Waals surface area contributed by atoms with Crippen molar-refractivity contribution in [1.82, 2.24) is 10.4 Å². The molecule has 0 unspecified atom stereocenters. The maximum absolute atomic E-state index is 11.5. The topological polar surface area (TPSA) is 41.6 Å². The minimum absolute atomic E-state index is 0.0942. The summed E-state index contributed by atoms with van der Waals surface area (Å²) in [6.07, 6.45) is 2.28. The van der Waals surface area contributed by atoms with E-state index in [1.807, 2.05) is 27.8 Å². The minimum atomic E-state index is -0.252. The van der Waals surface area contributed by atoms with Crippen LogP contribution in [0.3, 0.4) is 0 Å². The van der Waals surface area contributed by atoms with Crippen molar-refractivity contribution in [2.24, 2.45) is 0 Å². The number of carbonyl (C=O) groups excluding carboxylic acids is 1. The largest absolute Gasteiger partial charge is 0.342 e. The maximum atomic E-state index is 11.5. The molecule has 1 aliphatic carbocycles. The minimum Gasteiger partial charge on any atom is -0.342 e. The molecule has 1 saturated carbocycles. The van der Waals surface area contributed by atoms with Crippen LogP contribution in [0, 0.1) is 0 Å². The highest BCUT2D eigenvalue weighted by Gasteiger charge is 2.29. The number of nitrogens with one attached hydrogen (secondary N) is 1. The van der Waals surface area contributed by atoms with E-state index in [-0.39, 0.29) is 18.1 Å². The third-order valence-corrected chi connectivity index (χ3v) is 2.09. The second kappa shape index (κ2) is 4.28. The maximum Gasteiger partial charge on any atom is 0.238 e. The summed E-state index contributed by atoms with van der Waals surface area (Å²) in [5.41, 5.74) is 2.45. The molecule has 1 rings (SSSR count). The van der Waals surface area contributed by atoms with Crippen LogP contribution < -0.4 is 5.48 Å². The Bertz CT molecular complexity index is 207. The van der Waals surface area contributed by atoms with Gasteiger partial charge in [-0.15, -0.1) is 0 Å². The fourth-order valence-electron chi connectivity index (χ4n) is 1.10. The normalized spacial score (nSPS) is 16.9. The van der Waals surface area contributed by atoms with Gasteiger partial charge in [-0.3, -0.25) is 9.63 Å². The number of rotatable bonds is 4. The van der Waals surface area contributed by atoms with Crippen LogP contribution in [-0.2, 0) is 9.63 Å². The Kier molecular flexibility index (Phi) is 3.50. The summed E-state index contributed by atoms with van der Waals surface area (Å²) < 4.78 is 0. The summed E-state index contributed by atoms with van der Waals surface area (Å²) in [5.74, 6) is 0.0942. The molecule has 0 bridgehead atoms. The molecule has 1 N–H and O–H groups in total. The summed E-state index contributed by atoms with van der Waals surface area (Å²) in [7, 11) is 1.85. The molecule has 0 spiro atoms. The summed E-state index contributed by atoms with van der Waals surface area (Å²) in [4.78, 5) is 18.5. The van der Waals surface area contributed by atoms with E-state index < -0.39 is 0 Å². The van der Waals surface area contributed by atoms with Gasteiger partial charge >= 0.3 is 0 Å². The fourth-order valence-corrected chi connectivity index (χ4v) is 1.10. The lowest BCUT2D eigenvalue weighted by Gasteiger charge is -2.21. The third-order valence-electron chi connectivity index (χ3n) is 2.09. The SMILES string of the molecule is CN(C(=O)CNOC(C)(C)C)C1CC1. The quantitative estimate of drug-likeness (QED) is 0.686. The molecule has 0 saturated heterocycles. The summed E-state index contributed by atoms with van der Waals surface area (Å²) in [6.45, 7) is 6.07. The molecule has 1 fully saturated rings. The van der Waals surface area contributed by atoms with Crippen LogP contribution in [0.2, 0.25) is 0 Å². The monoisotopic (exact) mass is 200 g/mol. The van der Waals surface area contributed by atoms with E-state index in [1.54, 1.807) is 4.90 Å². The molecular formula is C10H20N2O2. The van der Waals surface area contributed by atoms with Crippen LogP contribution in [0.5, 0.6) is 0 Å². The first-order chi connectivity index (χ1) is 6.40. The van der Waals surface area contributed by atoms with Gasteiger partial charge in [0.1, 0.15) is 6.54 Å². The molecule has 1 amide bonds. The third kappa shape index (κ3) is 4.07. The zero-order valence-electron chi connectivity index (χ0n) is 9.46. The van der Waals surface area contributed by atoms with Gasteiger partial charge in [0.15, 0.2) is 0 Å². The van der Waals surface area contributed by atoms with Gasteiger partial charge in [-0.25, -0.2) is 0 Å². The predicted molar refractivity (Wildman–Crippen MR) is 54.6 cm³/mol. The van der Waals surface area contributed by atoms with E-state index in [0.29, 0.717) is 6.04 Å². The van der Waals surface area contributed by atoms with Crippen LogP contribution >= 0.6 is 0 Å². The van der Waals surface area contributed by atoms with Crippen LogP contribution in [0.15, 0.2) is 0 Å². The Morgan fingerprint density at radius 1 is 1.50 bits per heavy atom. The Labute approximate surface area is 85.6 Å². The average molecular weight is 200 g/mol. The van der Waals surface area contributed by atoms with Crippen molar-refractivity contribution in [2.45, 2.75) is 45.3 Å². The number of carbonyl (C=O) groups is 1. The second-order valence-electron chi connectivity index (χ2n) is 4.77. The van der Waals surface area contributed by atoms with E-state index in [0.717, 1.165) is 12.8 Å². The highest BCUT2D eigenvalue weighted by molar-refractivity contribution is 5.78.